The van der Waals surface area contributed by atoms with E-state index in [9.17, 15) is 4.79 Å². The lowest BCUT2D eigenvalue weighted by Gasteiger charge is -2.36. The number of rotatable bonds is 3. The third-order valence-corrected chi connectivity index (χ3v) is 6.26. The van der Waals surface area contributed by atoms with E-state index in [-0.39, 0.29) is 0 Å². The van der Waals surface area contributed by atoms with E-state index < -0.39 is 0 Å². The molecular formula is C16H28BrNO. The molecule has 110 valence electrons. The second kappa shape index (κ2) is 7.10. The van der Waals surface area contributed by atoms with Gasteiger partial charge in [-0.3, -0.25) is 4.79 Å². The number of nitrogens with zero attached hydrogens (tertiary/aromatic N) is 1. The number of halogens is 1. The van der Waals surface area contributed by atoms with Gasteiger partial charge in [-0.1, -0.05) is 48.5 Å². The maximum Gasteiger partial charge on any atom is 0.222 e. The fourth-order valence-electron chi connectivity index (χ4n) is 3.56. The Labute approximate surface area is 126 Å². The van der Waals surface area contributed by atoms with Crippen LogP contribution in [0.25, 0.3) is 0 Å². The van der Waals surface area contributed by atoms with Crippen molar-refractivity contribution in [1.82, 2.24) is 4.90 Å². The van der Waals surface area contributed by atoms with Crippen molar-refractivity contribution in [3.63, 3.8) is 0 Å². The largest absolute Gasteiger partial charge is 0.342 e. The standard InChI is InChI=1S/C16H28BrNO/c1-14-6-7-15(19)18(11-8-14)13-16(12-17)9-4-2-3-5-10-16/h14H,2-13H2,1H3. The van der Waals surface area contributed by atoms with Gasteiger partial charge in [0.15, 0.2) is 0 Å². The van der Waals surface area contributed by atoms with Crippen LogP contribution >= 0.6 is 15.9 Å². The van der Waals surface area contributed by atoms with Crippen LogP contribution in [0.2, 0.25) is 0 Å². The molecule has 2 rings (SSSR count). The summed E-state index contributed by atoms with van der Waals surface area (Å²) < 4.78 is 0. The van der Waals surface area contributed by atoms with Crippen molar-refractivity contribution in [3.05, 3.63) is 0 Å². The van der Waals surface area contributed by atoms with Crippen molar-refractivity contribution >= 4 is 21.8 Å². The van der Waals surface area contributed by atoms with Crippen molar-refractivity contribution in [3.8, 4) is 0 Å². The summed E-state index contributed by atoms with van der Waals surface area (Å²) in [5.74, 6) is 1.11. The molecule has 0 radical (unpaired) electrons. The van der Waals surface area contributed by atoms with Crippen molar-refractivity contribution in [2.75, 3.05) is 18.4 Å². The van der Waals surface area contributed by atoms with Gasteiger partial charge >= 0.3 is 0 Å². The Bertz CT molecular complexity index is 297. The van der Waals surface area contributed by atoms with Crippen LogP contribution in [0.5, 0.6) is 0 Å². The van der Waals surface area contributed by atoms with E-state index in [4.69, 9.17) is 0 Å². The van der Waals surface area contributed by atoms with Crippen LogP contribution in [0.15, 0.2) is 0 Å². The normalized spacial score (nSPS) is 28.8. The predicted molar refractivity (Wildman–Crippen MR) is 83.5 cm³/mol. The molecule has 2 fully saturated rings. The lowest BCUT2D eigenvalue weighted by atomic mass is 9.82. The average molecular weight is 330 g/mol. The predicted octanol–water partition coefficient (Wildman–Crippen LogP) is 4.37. The van der Waals surface area contributed by atoms with Gasteiger partial charge in [0.05, 0.1) is 0 Å². The zero-order chi connectivity index (χ0) is 13.7. The van der Waals surface area contributed by atoms with Crippen molar-refractivity contribution in [1.29, 1.82) is 0 Å². The second-order valence-corrected chi connectivity index (χ2v) is 7.36. The van der Waals surface area contributed by atoms with Gasteiger partial charge in [0.25, 0.3) is 0 Å². The summed E-state index contributed by atoms with van der Waals surface area (Å²) in [4.78, 5) is 14.5. The Morgan fingerprint density at radius 2 is 1.89 bits per heavy atom. The molecule has 0 aromatic carbocycles. The third-order valence-electron chi connectivity index (χ3n) is 5.07. The van der Waals surface area contributed by atoms with E-state index in [0.29, 0.717) is 17.2 Å². The first-order valence-electron chi connectivity index (χ1n) is 7.99. The molecular weight excluding hydrogens is 302 g/mol. The summed E-state index contributed by atoms with van der Waals surface area (Å²) in [6.45, 7) is 4.25. The molecule has 0 aromatic rings. The Balaban J connectivity index is 2.01. The fraction of sp³-hybridized carbons (Fsp3) is 0.938. The van der Waals surface area contributed by atoms with Crippen LogP contribution in [0.3, 0.4) is 0 Å². The van der Waals surface area contributed by atoms with Gasteiger partial charge in [0.2, 0.25) is 5.91 Å². The number of carbonyl (C=O) groups excluding carboxylic acids is 1. The van der Waals surface area contributed by atoms with Gasteiger partial charge in [0.1, 0.15) is 0 Å². The lowest BCUT2D eigenvalue weighted by Crippen LogP contribution is -2.42. The molecule has 1 unspecified atom stereocenters. The smallest absolute Gasteiger partial charge is 0.222 e. The molecule has 0 aromatic heterocycles. The highest BCUT2D eigenvalue weighted by atomic mass is 79.9. The summed E-state index contributed by atoms with van der Waals surface area (Å²) in [5, 5.41) is 1.05. The maximum absolute atomic E-state index is 12.3. The van der Waals surface area contributed by atoms with E-state index in [1.165, 1.54) is 44.9 Å². The maximum atomic E-state index is 12.3. The highest BCUT2D eigenvalue weighted by molar-refractivity contribution is 9.09. The molecule has 2 aliphatic rings. The van der Waals surface area contributed by atoms with Crippen molar-refractivity contribution in [2.45, 2.75) is 64.7 Å². The van der Waals surface area contributed by atoms with Crippen LogP contribution in [0.4, 0.5) is 0 Å². The van der Waals surface area contributed by atoms with E-state index >= 15 is 0 Å². The van der Waals surface area contributed by atoms with Crippen LogP contribution in [0.1, 0.15) is 64.7 Å². The van der Waals surface area contributed by atoms with Gasteiger partial charge in [0, 0.05) is 24.8 Å². The number of hydrogen-bond acceptors (Lipinski definition) is 1. The summed E-state index contributed by atoms with van der Waals surface area (Å²) in [7, 11) is 0. The van der Waals surface area contributed by atoms with Crippen molar-refractivity contribution in [2.24, 2.45) is 11.3 Å². The molecule has 1 atom stereocenters. The topological polar surface area (TPSA) is 20.3 Å². The second-order valence-electron chi connectivity index (χ2n) is 6.80. The van der Waals surface area contributed by atoms with Crippen LogP contribution in [0, 0.1) is 11.3 Å². The quantitative estimate of drug-likeness (QED) is 0.556. The Morgan fingerprint density at radius 1 is 1.21 bits per heavy atom. The van der Waals surface area contributed by atoms with Gasteiger partial charge in [-0.25, -0.2) is 0 Å². The molecule has 1 aliphatic carbocycles. The highest BCUT2D eigenvalue weighted by Gasteiger charge is 2.34. The summed E-state index contributed by atoms with van der Waals surface area (Å²) in [5.41, 5.74) is 0.347. The molecule has 0 N–H and O–H groups in total. The molecule has 1 saturated heterocycles. The van der Waals surface area contributed by atoms with E-state index in [0.717, 1.165) is 31.3 Å². The minimum Gasteiger partial charge on any atom is -0.342 e. The summed E-state index contributed by atoms with van der Waals surface area (Å²) >= 11 is 3.74. The summed E-state index contributed by atoms with van der Waals surface area (Å²) in [6.07, 6.45) is 11.0. The first-order chi connectivity index (χ1) is 9.15. The van der Waals surface area contributed by atoms with Gasteiger partial charge in [-0.15, -0.1) is 0 Å². The molecule has 2 nitrogen and oxygen atoms in total. The fourth-order valence-corrected chi connectivity index (χ4v) is 4.30. The molecule has 0 spiro atoms. The van der Waals surface area contributed by atoms with Crippen LogP contribution < -0.4 is 0 Å². The van der Waals surface area contributed by atoms with E-state index in [1.54, 1.807) is 0 Å². The first kappa shape index (κ1) is 15.3. The number of alkyl halides is 1. The molecule has 0 bridgehead atoms. The minimum atomic E-state index is 0.347. The molecule has 1 aliphatic heterocycles. The molecule has 3 heteroatoms. The lowest BCUT2D eigenvalue weighted by molar-refractivity contribution is -0.132. The van der Waals surface area contributed by atoms with E-state index in [2.05, 4.69) is 27.8 Å². The SMILES string of the molecule is CC1CCC(=O)N(CC2(CBr)CCCCCC2)CC1. The van der Waals surface area contributed by atoms with Crippen LogP contribution in [-0.2, 0) is 4.79 Å². The summed E-state index contributed by atoms with van der Waals surface area (Å²) in [6, 6.07) is 0. The first-order valence-corrected chi connectivity index (χ1v) is 9.11. The number of hydrogen-bond donors (Lipinski definition) is 0. The van der Waals surface area contributed by atoms with Gasteiger partial charge < -0.3 is 4.90 Å². The van der Waals surface area contributed by atoms with Gasteiger partial charge in [-0.05, 0) is 37.0 Å². The number of carbonyl (C=O) groups is 1. The third kappa shape index (κ3) is 4.21. The molecule has 19 heavy (non-hydrogen) atoms. The average Bonchev–Trinajstić information content (AvgIpc) is 2.74. The Kier molecular flexibility index (Phi) is 5.73. The van der Waals surface area contributed by atoms with Crippen LogP contribution in [-0.4, -0.2) is 29.2 Å². The molecule has 1 amide bonds. The van der Waals surface area contributed by atoms with E-state index in [1.807, 2.05) is 0 Å². The Hall–Kier alpha value is -0.0500. The Morgan fingerprint density at radius 3 is 2.53 bits per heavy atom. The molecule has 1 saturated carbocycles. The molecule has 1 heterocycles. The monoisotopic (exact) mass is 329 g/mol. The zero-order valence-electron chi connectivity index (χ0n) is 12.3. The minimum absolute atomic E-state index is 0.347. The zero-order valence-corrected chi connectivity index (χ0v) is 13.9. The highest BCUT2D eigenvalue weighted by Crippen LogP contribution is 2.38. The number of amides is 1. The van der Waals surface area contributed by atoms with Crippen molar-refractivity contribution < 1.29 is 4.79 Å². The number of likely N-dealkylation sites (tertiary alicyclic amines) is 1. The van der Waals surface area contributed by atoms with Gasteiger partial charge in [-0.2, -0.15) is 0 Å².